The van der Waals surface area contributed by atoms with Gasteiger partial charge in [-0.3, -0.25) is 9.69 Å². The lowest BCUT2D eigenvalue weighted by Crippen LogP contribution is -2.37. The smallest absolute Gasteiger partial charge is 0.149 e. The topological polar surface area (TPSA) is 33.5 Å². The van der Waals surface area contributed by atoms with Gasteiger partial charge in [0, 0.05) is 6.42 Å². The van der Waals surface area contributed by atoms with E-state index in [4.69, 9.17) is 4.42 Å². The van der Waals surface area contributed by atoms with Crippen molar-refractivity contribution in [3.05, 3.63) is 24.2 Å². The lowest BCUT2D eigenvalue weighted by atomic mass is 10.1. The van der Waals surface area contributed by atoms with Gasteiger partial charge < -0.3 is 4.42 Å². The lowest BCUT2D eigenvalue weighted by Gasteiger charge is -2.24. The van der Waals surface area contributed by atoms with Crippen LogP contribution in [0.2, 0.25) is 0 Å². The van der Waals surface area contributed by atoms with E-state index in [2.05, 4.69) is 4.90 Å². The molecule has 0 radical (unpaired) electrons. The normalized spacial score (nSPS) is 22.4. The van der Waals surface area contributed by atoms with Crippen molar-refractivity contribution in [3.8, 4) is 0 Å². The van der Waals surface area contributed by atoms with Gasteiger partial charge in [-0.15, -0.1) is 0 Å². The van der Waals surface area contributed by atoms with E-state index < -0.39 is 0 Å². The SMILES string of the molecule is CN(Cc1ccco1)C1CCCCCC1=O. The van der Waals surface area contributed by atoms with E-state index in [0.717, 1.165) is 31.6 Å². The highest BCUT2D eigenvalue weighted by molar-refractivity contribution is 5.84. The molecule has 2 rings (SSSR count). The fraction of sp³-hybridized carbons (Fsp3) is 0.615. The largest absolute Gasteiger partial charge is 0.468 e. The molecule has 3 nitrogen and oxygen atoms in total. The molecule has 1 fully saturated rings. The third kappa shape index (κ3) is 2.73. The summed E-state index contributed by atoms with van der Waals surface area (Å²) in [5.41, 5.74) is 0. The molecular formula is C13H19NO2. The van der Waals surface area contributed by atoms with Gasteiger partial charge in [0.15, 0.2) is 0 Å². The highest BCUT2D eigenvalue weighted by Gasteiger charge is 2.24. The Kier molecular flexibility index (Phi) is 3.78. The minimum Gasteiger partial charge on any atom is -0.468 e. The third-order valence-electron chi connectivity index (χ3n) is 3.29. The first-order valence-corrected chi connectivity index (χ1v) is 6.02. The van der Waals surface area contributed by atoms with Crippen LogP contribution < -0.4 is 0 Å². The Morgan fingerprint density at radius 1 is 1.44 bits per heavy atom. The third-order valence-corrected chi connectivity index (χ3v) is 3.29. The van der Waals surface area contributed by atoms with Crippen LogP contribution >= 0.6 is 0 Å². The van der Waals surface area contributed by atoms with Crippen LogP contribution in [-0.2, 0) is 11.3 Å². The van der Waals surface area contributed by atoms with Crippen LogP contribution in [0, 0.1) is 0 Å². The Morgan fingerprint density at radius 2 is 2.31 bits per heavy atom. The van der Waals surface area contributed by atoms with Gasteiger partial charge in [0.2, 0.25) is 0 Å². The molecule has 88 valence electrons. The molecule has 1 saturated carbocycles. The highest BCUT2D eigenvalue weighted by Crippen LogP contribution is 2.19. The average molecular weight is 221 g/mol. The molecule has 1 unspecified atom stereocenters. The van der Waals surface area contributed by atoms with Crippen molar-refractivity contribution in [1.29, 1.82) is 0 Å². The maximum absolute atomic E-state index is 11.9. The van der Waals surface area contributed by atoms with Gasteiger partial charge in [-0.1, -0.05) is 12.8 Å². The summed E-state index contributed by atoms with van der Waals surface area (Å²) in [5, 5.41) is 0. The summed E-state index contributed by atoms with van der Waals surface area (Å²) in [7, 11) is 2.01. The summed E-state index contributed by atoms with van der Waals surface area (Å²) in [5.74, 6) is 1.33. The predicted molar refractivity (Wildman–Crippen MR) is 62.1 cm³/mol. The van der Waals surface area contributed by atoms with E-state index in [1.165, 1.54) is 12.8 Å². The minimum absolute atomic E-state index is 0.0904. The van der Waals surface area contributed by atoms with Crippen LogP contribution in [0.15, 0.2) is 22.8 Å². The fourth-order valence-corrected chi connectivity index (χ4v) is 2.37. The number of carbonyl (C=O) groups is 1. The van der Waals surface area contributed by atoms with E-state index in [0.29, 0.717) is 5.78 Å². The number of furan rings is 1. The molecule has 0 spiro atoms. The van der Waals surface area contributed by atoms with Crippen LogP contribution in [0.4, 0.5) is 0 Å². The zero-order valence-corrected chi connectivity index (χ0v) is 9.82. The highest BCUT2D eigenvalue weighted by atomic mass is 16.3. The summed E-state index contributed by atoms with van der Waals surface area (Å²) >= 11 is 0. The number of carbonyl (C=O) groups excluding carboxylic acids is 1. The fourth-order valence-electron chi connectivity index (χ4n) is 2.37. The summed E-state index contributed by atoms with van der Waals surface area (Å²) in [4.78, 5) is 14.0. The number of hydrogen-bond donors (Lipinski definition) is 0. The Bertz CT molecular complexity index is 332. The molecule has 1 aliphatic carbocycles. The Balaban J connectivity index is 1.96. The Morgan fingerprint density at radius 3 is 3.06 bits per heavy atom. The van der Waals surface area contributed by atoms with Gasteiger partial charge in [0.1, 0.15) is 11.5 Å². The molecule has 3 heteroatoms. The zero-order valence-electron chi connectivity index (χ0n) is 9.82. The van der Waals surface area contributed by atoms with E-state index in [-0.39, 0.29) is 6.04 Å². The number of nitrogens with zero attached hydrogens (tertiary/aromatic N) is 1. The number of hydrogen-bond acceptors (Lipinski definition) is 3. The maximum atomic E-state index is 11.9. The second-order valence-corrected chi connectivity index (χ2v) is 4.58. The van der Waals surface area contributed by atoms with E-state index >= 15 is 0 Å². The molecule has 0 N–H and O–H groups in total. The van der Waals surface area contributed by atoms with Crippen LogP contribution in [0.5, 0.6) is 0 Å². The van der Waals surface area contributed by atoms with Gasteiger partial charge in [-0.25, -0.2) is 0 Å². The quantitative estimate of drug-likeness (QED) is 0.736. The number of ketones is 1. The molecule has 0 saturated heterocycles. The van der Waals surface area contributed by atoms with Crippen molar-refractivity contribution in [1.82, 2.24) is 4.90 Å². The molecule has 1 atom stereocenters. The van der Waals surface area contributed by atoms with Gasteiger partial charge in [0.05, 0.1) is 18.8 Å². The number of rotatable bonds is 3. The van der Waals surface area contributed by atoms with Gasteiger partial charge in [-0.2, -0.15) is 0 Å². The maximum Gasteiger partial charge on any atom is 0.149 e. The van der Waals surface area contributed by atoms with E-state index in [1.54, 1.807) is 6.26 Å². The Labute approximate surface area is 96.4 Å². The van der Waals surface area contributed by atoms with E-state index in [1.807, 2.05) is 19.2 Å². The summed E-state index contributed by atoms with van der Waals surface area (Å²) in [6.07, 6.45) is 6.83. The summed E-state index contributed by atoms with van der Waals surface area (Å²) in [6, 6.07) is 3.93. The number of Topliss-reactive ketones (excluding diaryl/α,β-unsaturated/α-hetero) is 1. The van der Waals surface area contributed by atoms with Gasteiger partial charge in [-0.05, 0) is 32.0 Å². The van der Waals surface area contributed by atoms with E-state index in [9.17, 15) is 4.79 Å². The van der Waals surface area contributed by atoms with Crippen LogP contribution in [0.1, 0.15) is 37.9 Å². The summed E-state index contributed by atoms with van der Waals surface area (Å²) in [6.45, 7) is 0.726. The standard InChI is InChI=1S/C13H19NO2/c1-14(10-11-6-5-9-16-11)12-7-3-2-4-8-13(12)15/h5-6,9,12H,2-4,7-8,10H2,1H3. The van der Waals surface area contributed by atoms with Crippen molar-refractivity contribution in [3.63, 3.8) is 0 Å². The molecule has 1 aliphatic rings. The van der Waals surface area contributed by atoms with Crippen molar-refractivity contribution in [2.24, 2.45) is 0 Å². The zero-order chi connectivity index (χ0) is 11.4. The van der Waals surface area contributed by atoms with Crippen molar-refractivity contribution >= 4 is 5.78 Å². The second kappa shape index (κ2) is 5.30. The van der Waals surface area contributed by atoms with Crippen LogP contribution in [-0.4, -0.2) is 23.8 Å². The monoisotopic (exact) mass is 221 g/mol. The summed E-state index contributed by atoms with van der Waals surface area (Å²) < 4.78 is 5.31. The van der Waals surface area contributed by atoms with Gasteiger partial charge >= 0.3 is 0 Å². The predicted octanol–water partition coefficient (Wildman–Crippen LogP) is 2.61. The Hall–Kier alpha value is -1.09. The molecular weight excluding hydrogens is 202 g/mol. The molecule has 0 bridgehead atoms. The molecule has 1 aromatic rings. The van der Waals surface area contributed by atoms with Crippen LogP contribution in [0.25, 0.3) is 0 Å². The first-order valence-electron chi connectivity index (χ1n) is 6.02. The first kappa shape index (κ1) is 11.4. The minimum atomic E-state index is 0.0904. The van der Waals surface area contributed by atoms with Crippen molar-refractivity contribution in [2.45, 2.75) is 44.7 Å². The molecule has 0 amide bonds. The molecule has 0 aromatic carbocycles. The second-order valence-electron chi connectivity index (χ2n) is 4.58. The van der Waals surface area contributed by atoms with Crippen molar-refractivity contribution < 1.29 is 9.21 Å². The van der Waals surface area contributed by atoms with Crippen LogP contribution in [0.3, 0.4) is 0 Å². The lowest BCUT2D eigenvalue weighted by molar-refractivity contribution is -0.123. The molecule has 16 heavy (non-hydrogen) atoms. The number of likely N-dealkylation sites (N-methyl/N-ethyl adjacent to an activating group) is 1. The average Bonchev–Trinajstić information content (AvgIpc) is 2.66. The van der Waals surface area contributed by atoms with Crippen molar-refractivity contribution in [2.75, 3.05) is 7.05 Å². The molecule has 1 heterocycles. The first-order chi connectivity index (χ1) is 7.77. The van der Waals surface area contributed by atoms with Gasteiger partial charge in [0.25, 0.3) is 0 Å². The molecule has 1 aromatic heterocycles. The molecule has 0 aliphatic heterocycles.